The molecule has 33 heavy (non-hydrogen) atoms. The minimum absolute atomic E-state index is 0.00838. The zero-order valence-electron chi connectivity index (χ0n) is 21.3. The molecule has 2 saturated carbocycles. The summed E-state index contributed by atoms with van der Waals surface area (Å²) in [6, 6.07) is 4.16. The summed E-state index contributed by atoms with van der Waals surface area (Å²) in [5, 5.41) is 13.5. The molecule has 1 aromatic rings. The van der Waals surface area contributed by atoms with E-state index >= 15 is 0 Å². The molecule has 5 aliphatic rings. The third-order valence-corrected chi connectivity index (χ3v) is 10.3. The number of aliphatic hydroxyl groups excluding tert-OH is 1. The van der Waals surface area contributed by atoms with Gasteiger partial charge in [0.15, 0.2) is 11.5 Å². The van der Waals surface area contributed by atoms with Crippen molar-refractivity contribution >= 4 is 0 Å². The average molecular weight is 455 g/mol. The predicted octanol–water partition coefficient (Wildman–Crippen LogP) is 4.27. The van der Waals surface area contributed by atoms with Crippen LogP contribution in [0.1, 0.15) is 64.0 Å². The Hall–Kier alpha value is -1.56. The van der Waals surface area contributed by atoms with Gasteiger partial charge in [-0.05, 0) is 82.1 Å². The Bertz CT molecular complexity index is 943. The lowest BCUT2D eigenvalue weighted by Gasteiger charge is -2.47. The van der Waals surface area contributed by atoms with E-state index in [1.165, 1.54) is 30.4 Å². The smallest absolute Gasteiger partial charge is 0.166 e. The van der Waals surface area contributed by atoms with Crippen LogP contribution in [0.25, 0.3) is 0 Å². The van der Waals surface area contributed by atoms with Gasteiger partial charge in [-0.2, -0.15) is 0 Å². The number of nitrogens with one attached hydrogen (secondary N) is 1. The second kappa shape index (κ2) is 8.00. The van der Waals surface area contributed by atoms with Crippen molar-refractivity contribution in [3.8, 4) is 11.5 Å². The van der Waals surface area contributed by atoms with Crippen LogP contribution in [0.5, 0.6) is 11.5 Å². The molecule has 2 aliphatic heterocycles. The van der Waals surface area contributed by atoms with Crippen LogP contribution in [0, 0.1) is 17.3 Å². The highest BCUT2D eigenvalue weighted by atomic mass is 16.5. The maximum absolute atomic E-state index is 9.97. The van der Waals surface area contributed by atoms with Crippen molar-refractivity contribution in [3.63, 3.8) is 0 Å². The second-order valence-corrected chi connectivity index (χ2v) is 11.8. The van der Waals surface area contributed by atoms with E-state index in [2.05, 4.69) is 57.2 Å². The van der Waals surface area contributed by atoms with Crippen LogP contribution in [-0.2, 0) is 12.0 Å². The van der Waals surface area contributed by atoms with E-state index in [0.717, 1.165) is 42.8 Å². The molecule has 3 aliphatic carbocycles. The molecule has 6 rings (SSSR count). The fourth-order valence-corrected chi connectivity index (χ4v) is 7.72. The molecule has 1 spiro atoms. The van der Waals surface area contributed by atoms with Crippen LogP contribution < -0.4 is 14.8 Å². The highest BCUT2D eigenvalue weighted by Crippen LogP contribution is 2.61. The first-order valence-electron chi connectivity index (χ1n) is 12.8. The van der Waals surface area contributed by atoms with Crippen molar-refractivity contribution in [1.29, 1.82) is 0 Å². The van der Waals surface area contributed by atoms with Gasteiger partial charge in [0.25, 0.3) is 0 Å². The molecule has 0 radical (unpaired) electrons. The Morgan fingerprint density at radius 2 is 1.91 bits per heavy atom. The molecule has 2 bridgehead atoms. The summed E-state index contributed by atoms with van der Waals surface area (Å²) in [5.41, 5.74) is 3.39. The van der Waals surface area contributed by atoms with Gasteiger partial charge in [-0.3, -0.25) is 0 Å². The van der Waals surface area contributed by atoms with Crippen LogP contribution >= 0.6 is 0 Å². The molecule has 5 nitrogen and oxygen atoms in total. The number of methoxy groups -OCH3 is 1. The lowest BCUT2D eigenvalue weighted by atomic mass is 9.64. The Morgan fingerprint density at radius 1 is 1.15 bits per heavy atom. The highest BCUT2D eigenvalue weighted by molar-refractivity contribution is 5.60. The lowest BCUT2D eigenvalue weighted by Crippen LogP contribution is -2.55. The van der Waals surface area contributed by atoms with E-state index in [-0.39, 0.29) is 11.5 Å². The molecular weight excluding hydrogens is 412 g/mol. The predicted molar refractivity (Wildman–Crippen MR) is 132 cm³/mol. The first-order valence-corrected chi connectivity index (χ1v) is 12.8. The van der Waals surface area contributed by atoms with Crippen LogP contribution in [0.15, 0.2) is 24.3 Å². The Morgan fingerprint density at radius 3 is 2.55 bits per heavy atom. The maximum atomic E-state index is 9.97. The molecule has 0 saturated heterocycles. The summed E-state index contributed by atoms with van der Waals surface area (Å²) in [7, 11) is 5.97. The van der Waals surface area contributed by atoms with E-state index in [9.17, 15) is 5.11 Å². The Labute approximate surface area is 199 Å². The van der Waals surface area contributed by atoms with Crippen molar-refractivity contribution in [2.75, 3.05) is 27.7 Å². The first-order chi connectivity index (χ1) is 15.7. The number of nitrogens with zero attached hydrogens (tertiary/aromatic N) is 1. The van der Waals surface area contributed by atoms with Crippen LogP contribution in [-0.4, -0.2) is 55.5 Å². The van der Waals surface area contributed by atoms with Crippen molar-refractivity contribution in [3.05, 3.63) is 35.4 Å². The van der Waals surface area contributed by atoms with Gasteiger partial charge < -0.3 is 24.8 Å². The monoisotopic (exact) mass is 454 g/mol. The molecule has 1 aromatic carbocycles. The van der Waals surface area contributed by atoms with E-state index in [1.807, 2.05) is 12.1 Å². The average Bonchev–Trinajstić information content (AvgIpc) is 3.43. The maximum Gasteiger partial charge on any atom is 0.166 e. The molecule has 0 aromatic heterocycles. The highest BCUT2D eigenvalue weighted by Gasteiger charge is 2.59. The molecule has 182 valence electrons. The summed E-state index contributed by atoms with van der Waals surface area (Å²) in [6.07, 6.45) is 9.76. The van der Waals surface area contributed by atoms with Gasteiger partial charge >= 0.3 is 0 Å². The third kappa shape index (κ3) is 3.30. The van der Waals surface area contributed by atoms with Gasteiger partial charge in [-0.25, -0.2) is 0 Å². The minimum atomic E-state index is -0.412. The molecule has 2 fully saturated rings. The van der Waals surface area contributed by atoms with E-state index in [4.69, 9.17) is 9.47 Å². The Kier molecular flexibility index (Phi) is 5.62. The summed E-state index contributed by atoms with van der Waals surface area (Å²) in [5.74, 6) is 3.59. The summed E-state index contributed by atoms with van der Waals surface area (Å²) >= 11 is 0. The number of benzene rings is 1. The zero-order valence-corrected chi connectivity index (χ0v) is 21.3. The topological polar surface area (TPSA) is 54.0 Å². The molecular formula is C28H42N2O3. The number of hydrogen-bond acceptors (Lipinski definition) is 5. The number of rotatable bonds is 2. The lowest BCUT2D eigenvalue weighted by molar-refractivity contribution is 0.0732. The number of hydrogen-bond donors (Lipinski definition) is 2. The molecule has 0 amide bonds. The van der Waals surface area contributed by atoms with Crippen LogP contribution in [0.4, 0.5) is 0 Å². The van der Waals surface area contributed by atoms with Gasteiger partial charge in [0.2, 0.25) is 0 Å². The molecule has 2 heterocycles. The quantitative estimate of drug-likeness (QED) is 0.654. The number of ether oxygens (including phenoxy) is 2. The van der Waals surface area contributed by atoms with Crippen molar-refractivity contribution in [2.45, 2.75) is 82.6 Å². The van der Waals surface area contributed by atoms with Gasteiger partial charge in [0.1, 0.15) is 6.10 Å². The van der Waals surface area contributed by atoms with Gasteiger partial charge in [0, 0.05) is 24.1 Å². The molecule has 3 unspecified atom stereocenters. The molecule has 2 N–H and O–H groups in total. The van der Waals surface area contributed by atoms with E-state index in [1.54, 1.807) is 7.11 Å². The number of aliphatic hydroxyl groups is 1. The SMILES string of the molecule is CNC1(C)C2CCC(C2)C1(C)C.COc1ccc2c3c1O[C@H]1C[C@@H](O)C=C[C@@]31CCN(C)C2. The fraction of sp³-hybridized carbons (Fsp3) is 0.714. The Balaban J connectivity index is 0.000000162. The molecule has 6 atom stereocenters. The normalized spacial score (nSPS) is 39.7. The summed E-state index contributed by atoms with van der Waals surface area (Å²) < 4.78 is 11.8. The first kappa shape index (κ1) is 23.2. The zero-order chi connectivity index (χ0) is 23.6. The van der Waals surface area contributed by atoms with E-state index in [0.29, 0.717) is 17.4 Å². The number of fused-ring (bicyclic) bond motifs is 2. The summed E-state index contributed by atoms with van der Waals surface area (Å²) in [4.78, 5) is 2.35. The van der Waals surface area contributed by atoms with Crippen molar-refractivity contribution in [1.82, 2.24) is 10.2 Å². The van der Waals surface area contributed by atoms with Gasteiger partial charge in [0.05, 0.1) is 18.6 Å². The van der Waals surface area contributed by atoms with Crippen LogP contribution in [0.2, 0.25) is 0 Å². The summed E-state index contributed by atoms with van der Waals surface area (Å²) in [6.45, 7) is 9.24. The molecule has 5 heteroatoms. The second-order valence-electron chi connectivity index (χ2n) is 11.8. The largest absolute Gasteiger partial charge is 0.493 e. The minimum Gasteiger partial charge on any atom is -0.493 e. The standard InChI is InChI=1S/C17H21NO3.C11H21N/c1-18-8-7-17-6-5-12(19)9-14(17)21-16-13(20-2)4-3-11(10-18)15(16)17;1-10(2)8-5-6-9(7-8)11(10,3)12-4/h3-6,12,14,19H,7-10H2,1-2H3;8-9,12H,5-7H2,1-4H3/t12-,14-,17-;/m0./s1. The third-order valence-electron chi connectivity index (χ3n) is 10.3. The van der Waals surface area contributed by atoms with Gasteiger partial charge in [-0.15, -0.1) is 0 Å². The van der Waals surface area contributed by atoms with E-state index < -0.39 is 6.10 Å². The van der Waals surface area contributed by atoms with Crippen molar-refractivity contribution < 1.29 is 14.6 Å². The van der Waals surface area contributed by atoms with Crippen LogP contribution in [0.3, 0.4) is 0 Å². The van der Waals surface area contributed by atoms with Gasteiger partial charge in [-0.1, -0.05) is 32.1 Å². The fourth-order valence-electron chi connectivity index (χ4n) is 7.72. The van der Waals surface area contributed by atoms with Crippen molar-refractivity contribution in [2.24, 2.45) is 17.3 Å².